The largest absolute Gasteiger partial charge is 0.375 e. The van der Waals surface area contributed by atoms with Crippen LogP contribution in [0.3, 0.4) is 0 Å². The van der Waals surface area contributed by atoms with E-state index in [4.69, 9.17) is 5.73 Å². The molecule has 2 aromatic rings. The lowest BCUT2D eigenvalue weighted by molar-refractivity contribution is -0.117. The number of benzene rings is 1. The molecule has 0 fully saturated rings. The molecule has 0 atom stereocenters. The van der Waals surface area contributed by atoms with Crippen molar-refractivity contribution in [1.82, 2.24) is 4.98 Å². The number of aromatic nitrogens is 1. The summed E-state index contributed by atoms with van der Waals surface area (Å²) in [7, 11) is 0. The Labute approximate surface area is 111 Å². The van der Waals surface area contributed by atoms with Crippen molar-refractivity contribution in [3.8, 4) is 0 Å². The molecule has 0 spiro atoms. The van der Waals surface area contributed by atoms with Crippen molar-refractivity contribution in [2.45, 2.75) is 26.2 Å². The van der Waals surface area contributed by atoms with Crippen LogP contribution in [-0.4, -0.2) is 10.8 Å². The lowest BCUT2D eigenvalue weighted by atomic mass is 10.0. The Balaban J connectivity index is 1.94. The molecule has 0 aliphatic heterocycles. The highest BCUT2D eigenvalue weighted by Gasteiger charge is 2.07. The van der Waals surface area contributed by atoms with Crippen molar-refractivity contribution in [2.24, 2.45) is 0 Å². The monoisotopic (exact) mass is 260 g/mol. The number of thiazole rings is 1. The van der Waals surface area contributed by atoms with Gasteiger partial charge in [0.05, 0.1) is 5.69 Å². The lowest BCUT2D eigenvalue weighted by Crippen LogP contribution is -2.07. The third kappa shape index (κ3) is 3.40. The normalized spacial score (nSPS) is 10.5. The van der Waals surface area contributed by atoms with E-state index in [1.807, 2.05) is 17.5 Å². The van der Waals surface area contributed by atoms with Crippen LogP contribution in [0, 0.1) is 0 Å². The summed E-state index contributed by atoms with van der Waals surface area (Å²) in [5, 5.41) is 2.36. The molecule has 0 unspecified atom stereocenters. The molecule has 0 bridgehead atoms. The van der Waals surface area contributed by atoms with Gasteiger partial charge in [0.1, 0.15) is 5.78 Å². The molecule has 0 amide bonds. The van der Waals surface area contributed by atoms with Crippen molar-refractivity contribution < 1.29 is 4.79 Å². The van der Waals surface area contributed by atoms with Gasteiger partial charge in [0, 0.05) is 18.2 Å². The predicted molar refractivity (Wildman–Crippen MR) is 74.8 cm³/mol. The van der Waals surface area contributed by atoms with Crippen molar-refractivity contribution in [3.05, 3.63) is 46.5 Å². The predicted octanol–water partition coefficient (Wildman–Crippen LogP) is 2.64. The molecule has 0 aliphatic rings. The number of rotatable bonds is 5. The second kappa shape index (κ2) is 5.78. The molecule has 94 valence electrons. The third-order valence-electron chi connectivity index (χ3n) is 2.78. The maximum absolute atomic E-state index is 11.9. The molecule has 18 heavy (non-hydrogen) atoms. The number of carbonyl (C=O) groups is 1. The van der Waals surface area contributed by atoms with E-state index in [0.717, 1.165) is 17.7 Å². The summed E-state index contributed by atoms with van der Waals surface area (Å²) in [6.45, 7) is 2.12. The minimum atomic E-state index is 0.171. The van der Waals surface area contributed by atoms with E-state index >= 15 is 0 Å². The molecule has 1 aromatic heterocycles. The highest BCUT2D eigenvalue weighted by Crippen LogP contribution is 2.13. The Morgan fingerprint density at radius 2 is 1.89 bits per heavy atom. The first-order valence-electron chi connectivity index (χ1n) is 5.96. The summed E-state index contributed by atoms with van der Waals surface area (Å²) in [5.74, 6) is 0.171. The first-order valence-corrected chi connectivity index (χ1v) is 6.84. The van der Waals surface area contributed by atoms with Crippen molar-refractivity contribution in [1.29, 1.82) is 0 Å². The quantitative estimate of drug-likeness (QED) is 0.899. The molecule has 0 saturated heterocycles. The van der Waals surface area contributed by atoms with Crippen molar-refractivity contribution in [2.75, 3.05) is 5.73 Å². The van der Waals surface area contributed by atoms with E-state index in [0.29, 0.717) is 18.0 Å². The van der Waals surface area contributed by atoms with Crippen LogP contribution in [0.25, 0.3) is 0 Å². The van der Waals surface area contributed by atoms with E-state index in [1.54, 1.807) is 0 Å². The van der Waals surface area contributed by atoms with Gasteiger partial charge in [-0.05, 0) is 17.5 Å². The molecule has 1 aromatic carbocycles. The summed E-state index contributed by atoms with van der Waals surface area (Å²) in [5.41, 5.74) is 8.65. The fourth-order valence-corrected chi connectivity index (χ4v) is 2.35. The van der Waals surface area contributed by atoms with E-state index in [9.17, 15) is 4.79 Å². The van der Waals surface area contributed by atoms with E-state index in [2.05, 4.69) is 24.0 Å². The van der Waals surface area contributed by atoms with Crippen LogP contribution in [-0.2, 0) is 24.1 Å². The third-order valence-corrected chi connectivity index (χ3v) is 3.50. The molecule has 0 radical (unpaired) electrons. The number of hydrogen-bond acceptors (Lipinski definition) is 4. The number of ketones is 1. The zero-order valence-electron chi connectivity index (χ0n) is 10.3. The molecule has 0 aliphatic carbocycles. The summed E-state index contributed by atoms with van der Waals surface area (Å²) in [6.07, 6.45) is 1.84. The maximum atomic E-state index is 11.9. The second-order valence-corrected chi connectivity index (χ2v) is 5.13. The first-order chi connectivity index (χ1) is 8.67. The summed E-state index contributed by atoms with van der Waals surface area (Å²) >= 11 is 1.37. The van der Waals surface area contributed by atoms with Gasteiger partial charge in [-0.15, -0.1) is 11.3 Å². The Hall–Kier alpha value is -1.68. The number of nitrogens with two attached hydrogens (primary N) is 1. The lowest BCUT2D eigenvalue weighted by Gasteiger charge is -2.01. The summed E-state index contributed by atoms with van der Waals surface area (Å²) < 4.78 is 0. The average Bonchev–Trinajstić information content (AvgIpc) is 2.75. The van der Waals surface area contributed by atoms with E-state index < -0.39 is 0 Å². The minimum absolute atomic E-state index is 0.171. The molecule has 0 saturated carbocycles. The summed E-state index contributed by atoms with van der Waals surface area (Å²) in [6, 6.07) is 8.19. The van der Waals surface area contributed by atoms with Crippen LogP contribution in [0.1, 0.15) is 23.7 Å². The van der Waals surface area contributed by atoms with Gasteiger partial charge in [0.2, 0.25) is 0 Å². The smallest absolute Gasteiger partial charge is 0.180 e. The highest BCUT2D eigenvalue weighted by molar-refractivity contribution is 7.13. The summed E-state index contributed by atoms with van der Waals surface area (Å²) in [4.78, 5) is 16.0. The number of anilines is 1. The van der Waals surface area contributed by atoms with Crippen LogP contribution in [0.15, 0.2) is 29.6 Å². The van der Waals surface area contributed by atoms with Gasteiger partial charge >= 0.3 is 0 Å². The highest BCUT2D eigenvalue weighted by atomic mass is 32.1. The van der Waals surface area contributed by atoms with Gasteiger partial charge < -0.3 is 5.73 Å². The van der Waals surface area contributed by atoms with Crippen LogP contribution < -0.4 is 5.73 Å². The Morgan fingerprint density at radius 1 is 1.22 bits per heavy atom. The molecular formula is C14H16N2OS. The number of nitrogens with zero attached hydrogens (tertiary/aromatic N) is 1. The Kier molecular flexibility index (Phi) is 4.10. The SMILES string of the molecule is CCc1ccc(CC(=O)Cc2csc(N)n2)cc1. The average molecular weight is 260 g/mol. The van der Waals surface area contributed by atoms with Gasteiger partial charge in [-0.1, -0.05) is 31.2 Å². The second-order valence-electron chi connectivity index (χ2n) is 4.24. The molecule has 2 rings (SSSR count). The van der Waals surface area contributed by atoms with Crippen LogP contribution in [0.5, 0.6) is 0 Å². The van der Waals surface area contributed by atoms with Gasteiger partial charge in [-0.25, -0.2) is 4.98 Å². The van der Waals surface area contributed by atoms with Crippen LogP contribution in [0.4, 0.5) is 5.13 Å². The molecule has 3 nitrogen and oxygen atoms in total. The van der Waals surface area contributed by atoms with Gasteiger partial charge in [0.25, 0.3) is 0 Å². The Morgan fingerprint density at radius 3 is 2.44 bits per heavy atom. The van der Waals surface area contributed by atoms with Crippen LogP contribution in [0.2, 0.25) is 0 Å². The number of Topliss-reactive ketones (excluding diaryl/α,β-unsaturated/α-hetero) is 1. The fraction of sp³-hybridized carbons (Fsp3) is 0.286. The minimum Gasteiger partial charge on any atom is -0.375 e. The molecule has 4 heteroatoms. The zero-order valence-corrected chi connectivity index (χ0v) is 11.2. The number of aryl methyl sites for hydroxylation is 1. The van der Waals surface area contributed by atoms with Crippen LogP contribution >= 0.6 is 11.3 Å². The number of carbonyl (C=O) groups excluding carboxylic acids is 1. The van der Waals surface area contributed by atoms with E-state index in [1.165, 1.54) is 16.9 Å². The standard InChI is InChI=1S/C14H16N2OS/c1-2-10-3-5-11(6-4-10)7-13(17)8-12-9-18-14(15)16-12/h3-6,9H,2,7-8H2,1H3,(H2,15,16). The van der Waals surface area contributed by atoms with Gasteiger partial charge in [-0.3, -0.25) is 4.79 Å². The maximum Gasteiger partial charge on any atom is 0.180 e. The molecule has 2 N–H and O–H groups in total. The fourth-order valence-electron chi connectivity index (χ4n) is 1.79. The number of hydrogen-bond donors (Lipinski definition) is 1. The topological polar surface area (TPSA) is 56.0 Å². The zero-order chi connectivity index (χ0) is 13.0. The van der Waals surface area contributed by atoms with Gasteiger partial charge in [-0.2, -0.15) is 0 Å². The molecule has 1 heterocycles. The van der Waals surface area contributed by atoms with Crippen molar-refractivity contribution in [3.63, 3.8) is 0 Å². The number of nitrogen functional groups attached to an aromatic ring is 1. The van der Waals surface area contributed by atoms with Gasteiger partial charge in [0.15, 0.2) is 5.13 Å². The van der Waals surface area contributed by atoms with Crippen molar-refractivity contribution >= 4 is 22.3 Å². The first kappa shape index (κ1) is 12.8. The Bertz CT molecular complexity index is 531. The molecular weight excluding hydrogens is 244 g/mol. The van der Waals surface area contributed by atoms with E-state index in [-0.39, 0.29) is 5.78 Å².